The summed E-state index contributed by atoms with van der Waals surface area (Å²) < 4.78 is 0. The van der Waals surface area contributed by atoms with Gasteiger partial charge in [0.2, 0.25) is 0 Å². The molecule has 5 nitrogen and oxygen atoms in total. The second-order valence-corrected chi connectivity index (χ2v) is 5.50. The van der Waals surface area contributed by atoms with Crippen LogP contribution in [0, 0.1) is 22.5 Å². The van der Waals surface area contributed by atoms with E-state index < -0.39 is 4.92 Å². The number of nitro groups is 1. The summed E-state index contributed by atoms with van der Waals surface area (Å²) in [4.78, 5) is 22.2. The molecule has 0 saturated heterocycles. The Hall–Kier alpha value is -1.62. The van der Waals surface area contributed by atoms with Crippen LogP contribution in [-0.2, 0) is 0 Å². The van der Waals surface area contributed by atoms with Crippen LogP contribution >= 0.6 is 11.6 Å². The highest BCUT2D eigenvalue weighted by atomic mass is 35.5. The Morgan fingerprint density at radius 3 is 2.63 bits per heavy atom. The molecule has 0 bridgehead atoms. The fraction of sp³-hybridized carbons (Fsp3) is 0.462. The van der Waals surface area contributed by atoms with Crippen LogP contribution in [0.4, 0.5) is 5.69 Å². The standard InChI is InChI=1S/C13H17ClN2O3/c1-9-4-5-10(16(18)19)6-11(9)12(17)15-8-13(2,3)7-14/h4-6H,7-8H2,1-3H3,(H,15,17). The number of alkyl halides is 1. The van der Waals surface area contributed by atoms with Crippen LogP contribution in [0.15, 0.2) is 18.2 Å². The van der Waals surface area contributed by atoms with Crippen molar-refractivity contribution in [2.75, 3.05) is 12.4 Å². The molecular formula is C13H17ClN2O3. The number of carbonyl (C=O) groups excluding carboxylic acids is 1. The van der Waals surface area contributed by atoms with Gasteiger partial charge in [-0.05, 0) is 17.9 Å². The van der Waals surface area contributed by atoms with E-state index in [1.165, 1.54) is 12.1 Å². The van der Waals surface area contributed by atoms with Crippen molar-refractivity contribution < 1.29 is 9.72 Å². The minimum absolute atomic E-state index is 0.0904. The van der Waals surface area contributed by atoms with Crippen molar-refractivity contribution in [1.82, 2.24) is 5.32 Å². The molecule has 0 spiro atoms. The average Bonchev–Trinajstić information content (AvgIpc) is 2.36. The zero-order chi connectivity index (χ0) is 14.6. The quantitative estimate of drug-likeness (QED) is 0.513. The Labute approximate surface area is 117 Å². The number of nitrogens with zero attached hydrogens (tertiary/aromatic N) is 1. The molecule has 1 amide bonds. The van der Waals surface area contributed by atoms with Gasteiger partial charge in [-0.2, -0.15) is 0 Å². The molecule has 1 aromatic carbocycles. The summed E-state index contributed by atoms with van der Waals surface area (Å²) in [7, 11) is 0. The molecule has 0 fully saturated rings. The van der Waals surface area contributed by atoms with Gasteiger partial charge in [0.1, 0.15) is 0 Å². The predicted octanol–water partition coefficient (Wildman–Crippen LogP) is 2.90. The zero-order valence-corrected chi connectivity index (χ0v) is 12.0. The molecule has 1 N–H and O–H groups in total. The molecular weight excluding hydrogens is 268 g/mol. The van der Waals surface area contributed by atoms with Crippen LogP contribution in [0.25, 0.3) is 0 Å². The van der Waals surface area contributed by atoms with Gasteiger partial charge in [0.25, 0.3) is 11.6 Å². The molecule has 1 rings (SSSR count). The van der Waals surface area contributed by atoms with Crippen LogP contribution < -0.4 is 5.32 Å². The highest BCUT2D eigenvalue weighted by molar-refractivity contribution is 6.18. The molecule has 104 valence electrons. The van der Waals surface area contributed by atoms with E-state index in [1.807, 2.05) is 13.8 Å². The first-order chi connectivity index (χ1) is 8.76. The highest BCUT2D eigenvalue weighted by Crippen LogP contribution is 2.19. The second-order valence-electron chi connectivity index (χ2n) is 5.24. The second kappa shape index (κ2) is 6.02. The Morgan fingerprint density at radius 1 is 1.47 bits per heavy atom. The number of nitro benzene ring substituents is 1. The third-order valence-electron chi connectivity index (χ3n) is 2.77. The van der Waals surface area contributed by atoms with Gasteiger partial charge in [-0.25, -0.2) is 0 Å². The van der Waals surface area contributed by atoms with Crippen LogP contribution in [0.1, 0.15) is 29.8 Å². The summed E-state index contributed by atoms with van der Waals surface area (Å²) in [5, 5.41) is 13.5. The molecule has 0 unspecified atom stereocenters. The maximum absolute atomic E-state index is 12.0. The first kappa shape index (κ1) is 15.4. The van der Waals surface area contributed by atoms with Gasteiger partial charge in [-0.15, -0.1) is 11.6 Å². The number of benzene rings is 1. The van der Waals surface area contributed by atoms with Gasteiger partial charge >= 0.3 is 0 Å². The smallest absolute Gasteiger partial charge is 0.270 e. The minimum atomic E-state index is -0.515. The van der Waals surface area contributed by atoms with E-state index in [9.17, 15) is 14.9 Å². The fourth-order valence-electron chi connectivity index (χ4n) is 1.43. The minimum Gasteiger partial charge on any atom is -0.351 e. The summed E-state index contributed by atoms with van der Waals surface area (Å²) in [6.45, 7) is 6.02. The molecule has 0 atom stereocenters. The molecule has 0 aromatic heterocycles. The topological polar surface area (TPSA) is 72.2 Å². The van der Waals surface area contributed by atoms with Crippen LogP contribution in [0.5, 0.6) is 0 Å². The molecule has 0 radical (unpaired) electrons. The third kappa shape index (κ3) is 4.21. The van der Waals surface area contributed by atoms with Gasteiger partial charge in [-0.1, -0.05) is 19.9 Å². The number of non-ortho nitro benzene ring substituents is 1. The lowest BCUT2D eigenvalue weighted by Gasteiger charge is -2.21. The van der Waals surface area contributed by atoms with Crippen molar-refractivity contribution in [3.63, 3.8) is 0 Å². The number of rotatable bonds is 5. The maximum Gasteiger partial charge on any atom is 0.270 e. The number of aryl methyl sites for hydroxylation is 1. The number of nitrogens with one attached hydrogen (secondary N) is 1. The normalized spacial score (nSPS) is 11.2. The van der Waals surface area contributed by atoms with E-state index in [-0.39, 0.29) is 17.0 Å². The van der Waals surface area contributed by atoms with E-state index in [2.05, 4.69) is 5.32 Å². The van der Waals surface area contributed by atoms with E-state index in [0.29, 0.717) is 23.6 Å². The van der Waals surface area contributed by atoms with Crippen molar-refractivity contribution in [2.24, 2.45) is 5.41 Å². The monoisotopic (exact) mass is 284 g/mol. The van der Waals surface area contributed by atoms with Gasteiger partial charge < -0.3 is 5.32 Å². The molecule has 0 aliphatic carbocycles. The molecule has 0 aliphatic rings. The SMILES string of the molecule is Cc1ccc([N+](=O)[O-])cc1C(=O)NCC(C)(C)CCl. The third-order valence-corrected chi connectivity index (χ3v) is 3.49. The van der Waals surface area contributed by atoms with Gasteiger partial charge in [0, 0.05) is 30.1 Å². The van der Waals surface area contributed by atoms with Gasteiger partial charge in [0.15, 0.2) is 0 Å². The maximum atomic E-state index is 12.0. The largest absolute Gasteiger partial charge is 0.351 e. The van der Waals surface area contributed by atoms with Gasteiger partial charge in [-0.3, -0.25) is 14.9 Å². The lowest BCUT2D eigenvalue weighted by atomic mass is 9.96. The summed E-state index contributed by atoms with van der Waals surface area (Å²) >= 11 is 5.78. The van der Waals surface area contributed by atoms with Gasteiger partial charge in [0.05, 0.1) is 4.92 Å². The van der Waals surface area contributed by atoms with Crippen LogP contribution in [0.3, 0.4) is 0 Å². The van der Waals surface area contributed by atoms with E-state index in [0.717, 1.165) is 0 Å². The van der Waals surface area contributed by atoms with Crippen LogP contribution in [0.2, 0.25) is 0 Å². The fourth-order valence-corrected chi connectivity index (χ4v) is 1.52. The molecule has 19 heavy (non-hydrogen) atoms. The van der Waals surface area contributed by atoms with Crippen LogP contribution in [-0.4, -0.2) is 23.3 Å². The predicted molar refractivity (Wildman–Crippen MR) is 74.7 cm³/mol. The Balaban J connectivity index is 2.88. The molecule has 0 heterocycles. The number of hydrogen-bond donors (Lipinski definition) is 1. The Morgan fingerprint density at radius 2 is 2.11 bits per heavy atom. The summed E-state index contributed by atoms with van der Waals surface area (Å²) in [6, 6.07) is 4.24. The molecule has 0 aliphatic heterocycles. The zero-order valence-electron chi connectivity index (χ0n) is 11.2. The lowest BCUT2D eigenvalue weighted by Crippen LogP contribution is -2.35. The van der Waals surface area contributed by atoms with E-state index >= 15 is 0 Å². The number of amides is 1. The number of hydrogen-bond acceptors (Lipinski definition) is 3. The first-order valence-electron chi connectivity index (χ1n) is 5.86. The molecule has 0 saturated carbocycles. The average molecular weight is 285 g/mol. The summed E-state index contributed by atoms with van der Waals surface area (Å²) in [6.07, 6.45) is 0. The number of halogens is 1. The van der Waals surface area contributed by atoms with Crippen molar-refractivity contribution in [3.8, 4) is 0 Å². The number of carbonyl (C=O) groups is 1. The Bertz CT molecular complexity index is 501. The van der Waals surface area contributed by atoms with E-state index in [4.69, 9.17) is 11.6 Å². The molecule has 6 heteroatoms. The van der Waals surface area contributed by atoms with Crippen molar-refractivity contribution >= 4 is 23.2 Å². The lowest BCUT2D eigenvalue weighted by molar-refractivity contribution is -0.384. The summed E-state index contributed by atoms with van der Waals surface area (Å²) in [5.74, 6) is 0.0978. The van der Waals surface area contributed by atoms with Crippen molar-refractivity contribution in [2.45, 2.75) is 20.8 Å². The first-order valence-corrected chi connectivity index (χ1v) is 6.39. The highest BCUT2D eigenvalue weighted by Gasteiger charge is 2.19. The van der Waals surface area contributed by atoms with E-state index in [1.54, 1.807) is 13.0 Å². The van der Waals surface area contributed by atoms with Crippen molar-refractivity contribution in [3.05, 3.63) is 39.4 Å². The Kier molecular flexibility index (Phi) is 4.89. The van der Waals surface area contributed by atoms with Crippen molar-refractivity contribution in [1.29, 1.82) is 0 Å². The summed E-state index contributed by atoms with van der Waals surface area (Å²) in [5.41, 5.74) is 0.713. The molecule has 1 aromatic rings.